The molecule has 1 unspecified atom stereocenters. The van der Waals surface area contributed by atoms with Crippen molar-refractivity contribution in [2.75, 3.05) is 13.9 Å². The Labute approximate surface area is 160 Å². The van der Waals surface area contributed by atoms with E-state index < -0.39 is 0 Å². The SMILES string of the molecule is COc1cc(CNC2CC(C)(C)Cc3oc(C)cc32)cc2c1OCO2.Cl. The van der Waals surface area contributed by atoms with E-state index in [4.69, 9.17) is 18.6 Å². The highest BCUT2D eigenvalue weighted by Gasteiger charge is 2.34. The summed E-state index contributed by atoms with van der Waals surface area (Å²) < 4.78 is 22.3. The summed E-state index contributed by atoms with van der Waals surface area (Å²) in [5.74, 6) is 4.27. The second kappa shape index (κ2) is 7.05. The Hall–Kier alpha value is -1.85. The number of furan rings is 1. The van der Waals surface area contributed by atoms with Crippen LogP contribution in [0.25, 0.3) is 0 Å². The molecule has 6 heteroatoms. The van der Waals surface area contributed by atoms with Crippen molar-refractivity contribution in [1.29, 1.82) is 0 Å². The summed E-state index contributed by atoms with van der Waals surface area (Å²) in [6.07, 6.45) is 2.08. The maximum atomic E-state index is 5.92. The fourth-order valence-electron chi connectivity index (χ4n) is 3.89. The van der Waals surface area contributed by atoms with E-state index in [1.165, 1.54) is 5.56 Å². The number of benzene rings is 1. The van der Waals surface area contributed by atoms with Gasteiger partial charge in [0.05, 0.1) is 7.11 Å². The molecule has 0 radical (unpaired) electrons. The zero-order chi connectivity index (χ0) is 17.6. The highest BCUT2D eigenvalue weighted by molar-refractivity contribution is 5.85. The van der Waals surface area contributed by atoms with E-state index in [0.29, 0.717) is 5.75 Å². The molecule has 2 aliphatic rings. The predicted octanol–water partition coefficient (Wildman–Crippen LogP) is 4.55. The van der Waals surface area contributed by atoms with Gasteiger partial charge in [-0.2, -0.15) is 0 Å². The van der Waals surface area contributed by atoms with Gasteiger partial charge in [-0.25, -0.2) is 0 Å². The monoisotopic (exact) mass is 379 g/mol. The molecule has 1 N–H and O–H groups in total. The molecule has 0 spiro atoms. The van der Waals surface area contributed by atoms with E-state index in [9.17, 15) is 0 Å². The summed E-state index contributed by atoms with van der Waals surface area (Å²) in [5, 5.41) is 3.69. The molecule has 1 aliphatic heterocycles. The number of hydrogen-bond acceptors (Lipinski definition) is 5. The van der Waals surface area contributed by atoms with Crippen molar-refractivity contribution in [2.24, 2.45) is 5.41 Å². The largest absolute Gasteiger partial charge is 0.493 e. The quantitative estimate of drug-likeness (QED) is 0.844. The van der Waals surface area contributed by atoms with Gasteiger partial charge in [-0.1, -0.05) is 13.8 Å². The average Bonchev–Trinajstić information content (AvgIpc) is 3.16. The molecule has 0 bridgehead atoms. The lowest BCUT2D eigenvalue weighted by molar-refractivity contribution is 0.171. The van der Waals surface area contributed by atoms with Gasteiger partial charge >= 0.3 is 0 Å². The summed E-state index contributed by atoms with van der Waals surface area (Å²) in [6.45, 7) is 7.59. The Kier molecular flexibility index (Phi) is 5.13. The average molecular weight is 380 g/mol. The van der Waals surface area contributed by atoms with Crippen molar-refractivity contribution < 1.29 is 18.6 Å². The van der Waals surface area contributed by atoms with Gasteiger partial charge in [-0.05, 0) is 42.5 Å². The topological polar surface area (TPSA) is 52.9 Å². The first-order chi connectivity index (χ1) is 11.9. The maximum Gasteiger partial charge on any atom is 0.231 e. The molecule has 26 heavy (non-hydrogen) atoms. The normalized spacial score (nSPS) is 19.6. The fourth-order valence-corrected chi connectivity index (χ4v) is 3.89. The van der Waals surface area contributed by atoms with E-state index in [2.05, 4.69) is 25.2 Å². The predicted molar refractivity (Wildman–Crippen MR) is 101 cm³/mol. The van der Waals surface area contributed by atoms with Crippen LogP contribution in [0.2, 0.25) is 0 Å². The Balaban J connectivity index is 0.00000196. The van der Waals surface area contributed by atoms with Gasteiger partial charge in [0.1, 0.15) is 11.5 Å². The van der Waals surface area contributed by atoms with E-state index >= 15 is 0 Å². The van der Waals surface area contributed by atoms with Crippen molar-refractivity contribution in [3.63, 3.8) is 0 Å². The van der Waals surface area contributed by atoms with Crippen LogP contribution >= 0.6 is 12.4 Å². The standard InChI is InChI=1S/C20H25NO4.ClH/c1-12-5-14-15(8-20(2,3)9-18(14)25-12)21-10-13-6-16(22-4)19-17(7-13)23-11-24-19;/h5-7,15,21H,8-11H2,1-4H3;1H. The van der Waals surface area contributed by atoms with E-state index in [-0.39, 0.29) is 30.7 Å². The van der Waals surface area contributed by atoms with Crippen molar-refractivity contribution in [1.82, 2.24) is 5.32 Å². The lowest BCUT2D eigenvalue weighted by atomic mass is 9.74. The van der Waals surface area contributed by atoms with Crippen LogP contribution in [-0.2, 0) is 13.0 Å². The van der Waals surface area contributed by atoms with Gasteiger partial charge in [-0.3, -0.25) is 0 Å². The first-order valence-electron chi connectivity index (χ1n) is 8.74. The number of ether oxygens (including phenoxy) is 3. The number of nitrogens with one attached hydrogen (secondary N) is 1. The van der Waals surface area contributed by atoms with Crippen LogP contribution in [0, 0.1) is 12.3 Å². The van der Waals surface area contributed by atoms with Gasteiger partial charge in [0.15, 0.2) is 11.5 Å². The second-order valence-electron chi connectivity index (χ2n) is 7.75. The van der Waals surface area contributed by atoms with Crippen LogP contribution < -0.4 is 19.5 Å². The number of rotatable bonds is 4. The number of halogens is 1. The minimum atomic E-state index is 0. The fraction of sp³-hybridized carbons (Fsp3) is 0.500. The number of hydrogen-bond donors (Lipinski definition) is 1. The molecule has 4 rings (SSSR count). The molecule has 5 nitrogen and oxygen atoms in total. The van der Waals surface area contributed by atoms with Crippen molar-refractivity contribution >= 4 is 12.4 Å². The van der Waals surface area contributed by atoms with E-state index in [0.717, 1.165) is 48.0 Å². The Morgan fingerprint density at radius 3 is 2.81 bits per heavy atom. The minimum Gasteiger partial charge on any atom is -0.493 e. The first kappa shape index (κ1) is 18.9. The smallest absolute Gasteiger partial charge is 0.231 e. The van der Waals surface area contributed by atoms with Gasteiger partial charge in [0, 0.05) is 24.6 Å². The molecule has 1 aliphatic carbocycles. The maximum absolute atomic E-state index is 5.92. The van der Waals surface area contributed by atoms with E-state index in [1.807, 2.05) is 19.1 Å². The molecule has 1 atom stereocenters. The molecule has 0 amide bonds. The number of aryl methyl sites for hydroxylation is 1. The Bertz CT molecular complexity index is 799. The highest BCUT2D eigenvalue weighted by Crippen LogP contribution is 2.44. The van der Waals surface area contributed by atoms with Gasteiger partial charge < -0.3 is 23.9 Å². The summed E-state index contributed by atoms with van der Waals surface area (Å²) in [6, 6.07) is 6.49. The molecule has 0 fully saturated rings. The zero-order valence-electron chi connectivity index (χ0n) is 15.7. The number of fused-ring (bicyclic) bond motifs is 2. The van der Waals surface area contributed by atoms with Crippen LogP contribution in [-0.4, -0.2) is 13.9 Å². The summed E-state index contributed by atoms with van der Waals surface area (Å²) in [4.78, 5) is 0. The molecule has 2 heterocycles. The van der Waals surface area contributed by atoms with Crippen molar-refractivity contribution in [2.45, 2.75) is 46.2 Å². The molecule has 1 aromatic carbocycles. The lowest BCUT2D eigenvalue weighted by Gasteiger charge is -2.35. The second-order valence-corrected chi connectivity index (χ2v) is 7.75. The third kappa shape index (κ3) is 3.51. The summed E-state index contributed by atoms with van der Waals surface area (Å²) in [7, 11) is 1.65. The highest BCUT2D eigenvalue weighted by atomic mass is 35.5. The van der Waals surface area contributed by atoms with E-state index in [1.54, 1.807) is 7.11 Å². The third-order valence-electron chi connectivity index (χ3n) is 5.01. The molecule has 2 aromatic rings. The van der Waals surface area contributed by atoms with Crippen LogP contribution in [0.5, 0.6) is 17.2 Å². The summed E-state index contributed by atoms with van der Waals surface area (Å²) in [5.41, 5.74) is 2.64. The van der Waals surface area contributed by atoms with Gasteiger partial charge in [0.2, 0.25) is 12.5 Å². The molecule has 142 valence electrons. The van der Waals surface area contributed by atoms with Crippen molar-refractivity contribution in [3.05, 3.63) is 40.8 Å². The summed E-state index contributed by atoms with van der Waals surface area (Å²) >= 11 is 0. The molecule has 0 saturated heterocycles. The minimum absolute atomic E-state index is 0. The molecule has 0 saturated carbocycles. The third-order valence-corrected chi connectivity index (χ3v) is 5.01. The first-order valence-corrected chi connectivity index (χ1v) is 8.74. The van der Waals surface area contributed by atoms with Crippen LogP contribution in [0.1, 0.15) is 49.0 Å². The van der Waals surface area contributed by atoms with Crippen LogP contribution in [0.3, 0.4) is 0 Å². The van der Waals surface area contributed by atoms with Crippen molar-refractivity contribution in [3.8, 4) is 17.2 Å². The molecule has 1 aromatic heterocycles. The van der Waals surface area contributed by atoms with Gasteiger partial charge in [-0.15, -0.1) is 12.4 Å². The van der Waals surface area contributed by atoms with Gasteiger partial charge in [0.25, 0.3) is 0 Å². The zero-order valence-corrected chi connectivity index (χ0v) is 16.5. The van der Waals surface area contributed by atoms with Crippen LogP contribution in [0.15, 0.2) is 22.6 Å². The molecular weight excluding hydrogens is 354 g/mol. The Morgan fingerprint density at radius 2 is 2.04 bits per heavy atom. The molecular formula is C20H26ClNO4. The Morgan fingerprint density at radius 1 is 1.23 bits per heavy atom. The number of methoxy groups -OCH3 is 1. The van der Waals surface area contributed by atoms with Crippen LogP contribution in [0.4, 0.5) is 0 Å². The lowest BCUT2D eigenvalue weighted by Crippen LogP contribution is -2.32.